The van der Waals surface area contributed by atoms with Gasteiger partial charge in [-0.25, -0.2) is 0 Å². The molecular weight excluding hydrogens is 428 g/mol. The number of carbonyl (C=O) groups excluding carboxylic acids is 3. The van der Waals surface area contributed by atoms with E-state index in [1.165, 1.54) is 6.92 Å². The van der Waals surface area contributed by atoms with Crippen LogP contribution in [-0.4, -0.2) is 28.3 Å². The zero-order valence-corrected chi connectivity index (χ0v) is 19.2. The number of aliphatic hydroxyl groups is 1. The van der Waals surface area contributed by atoms with Crippen LogP contribution in [0.4, 0.5) is 11.4 Å². The first-order valence-corrected chi connectivity index (χ1v) is 11.3. The molecule has 1 aliphatic rings. The van der Waals surface area contributed by atoms with Crippen molar-refractivity contribution in [2.75, 3.05) is 10.6 Å². The van der Waals surface area contributed by atoms with Gasteiger partial charge in [-0.3, -0.25) is 14.4 Å². The molecule has 3 aromatic rings. The third kappa shape index (κ3) is 4.92. The SMILES string of the molecule is Cc1ccc([C@@H]2[C@@H](C(=O)Nc3ccccc3)C(=O)C[C@@](C)(O)[C@@H]2C(=O)Nc2ccccc2)cc1. The second-order valence-electron chi connectivity index (χ2n) is 9.10. The Bertz CT molecular complexity index is 1170. The lowest BCUT2D eigenvalue weighted by molar-refractivity contribution is -0.150. The molecule has 0 aromatic heterocycles. The number of benzene rings is 3. The van der Waals surface area contributed by atoms with Crippen molar-refractivity contribution < 1.29 is 19.5 Å². The van der Waals surface area contributed by atoms with E-state index in [0.29, 0.717) is 16.9 Å². The summed E-state index contributed by atoms with van der Waals surface area (Å²) in [6.45, 7) is 3.43. The standard InChI is InChI=1S/C28H28N2O4/c1-18-13-15-19(16-14-18)23-24(26(32)29-20-9-5-3-6-10-20)22(31)17-28(2,34)25(23)27(33)30-21-11-7-4-8-12-21/h3-16,23-25,34H,17H2,1-2H3,(H,29,32)(H,30,33)/t23-,24+,25+,28-/m1/s1. The number of ketones is 1. The number of Topliss-reactive ketones (excluding diaryl/α,β-unsaturated/α-hetero) is 1. The van der Waals surface area contributed by atoms with E-state index in [9.17, 15) is 19.5 Å². The summed E-state index contributed by atoms with van der Waals surface area (Å²) in [5.74, 6) is -4.33. The first-order valence-electron chi connectivity index (χ1n) is 11.3. The summed E-state index contributed by atoms with van der Waals surface area (Å²) < 4.78 is 0. The zero-order chi connectivity index (χ0) is 24.3. The fraction of sp³-hybridized carbons (Fsp3) is 0.250. The second kappa shape index (κ2) is 9.61. The Morgan fingerprint density at radius 1 is 0.824 bits per heavy atom. The number of nitrogens with one attached hydrogen (secondary N) is 2. The number of anilines is 2. The molecule has 1 saturated carbocycles. The van der Waals surface area contributed by atoms with Crippen LogP contribution in [-0.2, 0) is 14.4 Å². The van der Waals surface area contributed by atoms with E-state index >= 15 is 0 Å². The van der Waals surface area contributed by atoms with Crippen molar-refractivity contribution in [3.8, 4) is 0 Å². The number of hydrogen-bond donors (Lipinski definition) is 3. The molecule has 2 amide bonds. The molecule has 0 saturated heterocycles. The number of aryl methyl sites for hydroxylation is 1. The Kier molecular flexibility index (Phi) is 6.61. The molecule has 1 aliphatic carbocycles. The first kappa shape index (κ1) is 23.4. The van der Waals surface area contributed by atoms with Gasteiger partial charge in [-0.05, 0) is 43.7 Å². The van der Waals surface area contributed by atoms with Gasteiger partial charge in [-0.15, -0.1) is 0 Å². The minimum Gasteiger partial charge on any atom is -0.389 e. The highest BCUT2D eigenvalue weighted by Gasteiger charge is 2.55. The maximum atomic E-state index is 13.6. The Morgan fingerprint density at radius 2 is 1.32 bits per heavy atom. The normalized spacial score (nSPS) is 24.3. The van der Waals surface area contributed by atoms with Crippen molar-refractivity contribution in [3.63, 3.8) is 0 Å². The fourth-order valence-corrected chi connectivity index (χ4v) is 4.76. The van der Waals surface area contributed by atoms with Crippen LogP contribution < -0.4 is 10.6 Å². The lowest BCUT2D eigenvalue weighted by Gasteiger charge is -2.44. The smallest absolute Gasteiger partial charge is 0.235 e. The van der Waals surface area contributed by atoms with Crippen molar-refractivity contribution in [1.82, 2.24) is 0 Å². The number of amides is 2. The van der Waals surface area contributed by atoms with Crippen molar-refractivity contribution in [2.45, 2.75) is 31.8 Å². The lowest BCUT2D eigenvalue weighted by atomic mass is 9.61. The van der Waals surface area contributed by atoms with Crippen LogP contribution in [0.1, 0.15) is 30.4 Å². The van der Waals surface area contributed by atoms with Crippen LogP contribution in [0, 0.1) is 18.8 Å². The van der Waals surface area contributed by atoms with Gasteiger partial charge in [0.2, 0.25) is 11.8 Å². The molecule has 3 N–H and O–H groups in total. The summed E-state index contributed by atoms with van der Waals surface area (Å²) in [4.78, 5) is 40.2. The summed E-state index contributed by atoms with van der Waals surface area (Å²) in [5.41, 5.74) is 1.17. The summed E-state index contributed by atoms with van der Waals surface area (Å²) in [7, 11) is 0. The maximum Gasteiger partial charge on any atom is 0.235 e. The van der Waals surface area contributed by atoms with Gasteiger partial charge in [0.05, 0.1) is 11.5 Å². The monoisotopic (exact) mass is 456 g/mol. The highest BCUT2D eigenvalue weighted by molar-refractivity contribution is 6.10. The molecule has 0 bridgehead atoms. The van der Waals surface area contributed by atoms with Gasteiger partial charge in [0.25, 0.3) is 0 Å². The quantitative estimate of drug-likeness (QED) is 0.499. The first-order chi connectivity index (χ1) is 16.3. The predicted octanol–water partition coefficient (Wildman–Crippen LogP) is 4.31. The van der Waals surface area contributed by atoms with E-state index < -0.39 is 41.0 Å². The van der Waals surface area contributed by atoms with Crippen molar-refractivity contribution in [2.24, 2.45) is 11.8 Å². The number of para-hydroxylation sites is 2. The molecule has 34 heavy (non-hydrogen) atoms. The van der Waals surface area contributed by atoms with Crippen LogP contribution >= 0.6 is 0 Å². The van der Waals surface area contributed by atoms with E-state index in [4.69, 9.17) is 0 Å². The number of rotatable bonds is 5. The minimum absolute atomic E-state index is 0.297. The van der Waals surface area contributed by atoms with Crippen molar-refractivity contribution in [3.05, 3.63) is 96.1 Å². The van der Waals surface area contributed by atoms with E-state index in [0.717, 1.165) is 5.56 Å². The minimum atomic E-state index is -1.63. The van der Waals surface area contributed by atoms with Crippen LogP contribution in [0.2, 0.25) is 0 Å². The molecule has 4 rings (SSSR count). The van der Waals surface area contributed by atoms with Crippen LogP contribution in [0.5, 0.6) is 0 Å². The molecule has 0 radical (unpaired) electrons. The summed E-state index contributed by atoms with van der Waals surface area (Å²) >= 11 is 0. The third-order valence-corrected chi connectivity index (χ3v) is 6.38. The van der Waals surface area contributed by atoms with Gasteiger partial charge in [0.15, 0.2) is 0 Å². The van der Waals surface area contributed by atoms with Crippen LogP contribution in [0.15, 0.2) is 84.9 Å². The summed E-state index contributed by atoms with van der Waals surface area (Å²) in [5, 5.41) is 17.0. The molecule has 0 heterocycles. The second-order valence-corrected chi connectivity index (χ2v) is 9.10. The van der Waals surface area contributed by atoms with E-state index in [2.05, 4.69) is 10.6 Å². The average Bonchev–Trinajstić information content (AvgIpc) is 2.79. The molecule has 6 heteroatoms. The zero-order valence-electron chi connectivity index (χ0n) is 19.2. The van der Waals surface area contributed by atoms with Crippen molar-refractivity contribution in [1.29, 1.82) is 0 Å². The third-order valence-electron chi connectivity index (χ3n) is 6.38. The van der Waals surface area contributed by atoms with E-state index in [1.54, 1.807) is 48.5 Å². The lowest BCUT2D eigenvalue weighted by Crippen LogP contribution is -2.56. The summed E-state index contributed by atoms with van der Waals surface area (Å²) in [6.07, 6.45) is -0.297. The Morgan fingerprint density at radius 3 is 1.85 bits per heavy atom. The molecule has 0 spiro atoms. The molecular formula is C28H28N2O4. The Hall–Kier alpha value is -3.77. The predicted molar refractivity (Wildman–Crippen MR) is 131 cm³/mol. The Labute approximate surface area is 199 Å². The van der Waals surface area contributed by atoms with Gasteiger partial charge in [-0.2, -0.15) is 0 Å². The van der Waals surface area contributed by atoms with Gasteiger partial charge in [-0.1, -0.05) is 66.2 Å². The molecule has 1 fully saturated rings. The maximum absolute atomic E-state index is 13.6. The average molecular weight is 457 g/mol. The summed E-state index contributed by atoms with van der Waals surface area (Å²) in [6, 6.07) is 25.2. The highest BCUT2D eigenvalue weighted by Crippen LogP contribution is 2.46. The molecule has 174 valence electrons. The van der Waals surface area contributed by atoms with Crippen LogP contribution in [0.25, 0.3) is 0 Å². The topological polar surface area (TPSA) is 95.5 Å². The number of hydrogen-bond acceptors (Lipinski definition) is 4. The molecule has 4 atom stereocenters. The van der Waals surface area contributed by atoms with Gasteiger partial charge in [0, 0.05) is 23.7 Å². The molecule has 3 aromatic carbocycles. The molecule has 0 unspecified atom stereocenters. The Balaban J connectivity index is 1.76. The highest BCUT2D eigenvalue weighted by atomic mass is 16.3. The van der Waals surface area contributed by atoms with Gasteiger partial charge in [0.1, 0.15) is 11.7 Å². The van der Waals surface area contributed by atoms with Crippen LogP contribution in [0.3, 0.4) is 0 Å². The van der Waals surface area contributed by atoms with Gasteiger partial charge >= 0.3 is 0 Å². The molecule has 0 aliphatic heterocycles. The van der Waals surface area contributed by atoms with Crippen molar-refractivity contribution >= 4 is 29.0 Å². The van der Waals surface area contributed by atoms with E-state index in [-0.39, 0.29) is 6.42 Å². The number of carbonyl (C=O) groups is 3. The van der Waals surface area contributed by atoms with Gasteiger partial charge < -0.3 is 15.7 Å². The molecule has 6 nitrogen and oxygen atoms in total. The largest absolute Gasteiger partial charge is 0.389 e. The van der Waals surface area contributed by atoms with E-state index in [1.807, 2.05) is 43.3 Å². The fourth-order valence-electron chi connectivity index (χ4n) is 4.76.